The molecule has 4 N–H and O–H groups in total. The molecule has 0 amide bonds. The fourth-order valence-corrected chi connectivity index (χ4v) is 0.714. The molecule has 14 heavy (non-hydrogen) atoms. The van der Waals surface area contributed by atoms with Crippen LogP contribution in [0, 0.1) is 0 Å². The summed E-state index contributed by atoms with van der Waals surface area (Å²) in [6.45, 7) is 0. The summed E-state index contributed by atoms with van der Waals surface area (Å²) in [6, 6.07) is 0. The summed E-state index contributed by atoms with van der Waals surface area (Å²) in [5, 5.41) is 33.8. The summed E-state index contributed by atoms with van der Waals surface area (Å²) >= 11 is 0. The van der Waals surface area contributed by atoms with E-state index >= 15 is 0 Å². The van der Waals surface area contributed by atoms with Gasteiger partial charge in [-0.2, -0.15) is 0 Å². The topological polar surface area (TPSA) is 132 Å². The van der Waals surface area contributed by atoms with Crippen LogP contribution in [-0.2, 0) is 14.4 Å². The molecule has 0 aliphatic heterocycles. The Kier molecular flexibility index (Phi) is 6.75. The summed E-state index contributed by atoms with van der Waals surface area (Å²) in [5.74, 6) is -5.02. The average Bonchev–Trinajstić information content (AvgIpc) is 1.82. The van der Waals surface area contributed by atoms with Crippen LogP contribution in [0.4, 0.5) is 0 Å². The third kappa shape index (κ3) is 5.18. The van der Waals surface area contributed by atoms with Gasteiger partial charge in [-0.05, 0) is 0 Å². The molecule has 1 radical (unpaired) electrons. The van der Waals surface area contributed by atoms with Gasteiger partial charge in [-0.3, -0.25) is 9.59 Å². The number of hydrogen-bond donors (Lipinski definition) is 4. The predicted molar refractivity (Wildman–Crippen MR) is 45.0 cm³/mol. The summed E-state index contributed by atoms with van der Waals surface area (Å²) in [6.07, 6.45) is -2.29. The third-order valence-electron chi connectivity index (χ3n) is 1.29. The molecule has 8 heteroatoms. The molecule has 0 aliphatic rings. The van der Waals surface area contributed by atoms with E-state index in [0.29, 0.717) is 0 Å². The second-order valence-corrected chi connectivity index (χ2v) is 2.48. The fourth-order valence-electron chi connectivity index (χ4n) is 0.714. The zero-order chi connectivity index (χ0) is 10.6. The molecular weight excluding hydrogens is 207 g/mol. The number of hydrogen-bond acceptors (Lipinski definition) is 4. The van der Waals surface area contributed by atoms with E-state index in [4.69, 9.17) is 20.4 Å². The van der Waals surface area contributed by atoms with Crippen molar-refractivity contribution >= 4 is 47.5 Å². The number of aliphatic hydroxyl groups is 1. The number of aliphatic carboxylic acids is 3. The normalized spacial score (nSPS) is 10.1. The van der Waals surface area contributed by atoms with E-state index < -0.39 is 36.4 Å². The van der Waals surface area contributed by atoms with Gasteiger partial charge in [0.2, 0.25) is 0 Å². The van der Waals surface area contributed by atoms with E-state index in [1.807, 2.05) is 0 Å². The minimum absolute atomic E-state index is 0. The van der Waals surface area contributed by atoms with Crippen molar-refractivity contribution in [2.24, 2.45) is 0 Å². The first kappa shape index (κ1) is 15.8. The first-order valence-corrected chi connectivity index (χ1v) is 3.17. The van der Waals surface area contributed by atoms with Crippen LogP contribution in [0.15, 0.2) is 0 Å². The molecule has 0 aromatic heterocycles. The minimum Gasteiger partial charge on any atom is -0.481 e. The third-order valence-corrected chi connectivity index (χ3v) is 1.29. The molecule has 0 saturated carbocycles. The minimum atomic E-state index is -2.74. The van der Waals surface area contributed by atoms with Gasteiger partial charge in [0.25, 0.3) is 0 Å². The molecule has 0 bridgehead atoms. The van der Waals surface area contributed by atoms with Gasteiger partial charge < -0.3 is 20.4 Å². The molecule has 7 nitrogen and oxygen atoms in total. The Balaban J connectivity index is -0.000000720. The SMILES string of the molecule is O=C(O)CC(O)(CC(=O)O)C(=O)O.[HH].[Na]. The van der Waals surface area contributed by atoms with E-state index in [9.17, 15) is 14.4 Å². The van der Waals surface area contributed by atoms with E-state index in [1.165, 1.54) is 0 Å². The van der Waals surface area contributed by atoms with Crippen molar-refractivity contribution in [1.29, 1.82) is 0 Å². The van der Waals surface area contributed by atoms with Gasteiger partial charge in [-0.1, -0.05) is 0 Å². The van der Waals surface area contributed by atoms with E-state index in [2.05, 4.69) is 0 Å². The Morgan fingerprint density at radius 3 is 1.43 bits per heavy atom. The molecule has 0 aromatic carbocycles. The van der Waals surface area contributed by atoms with Crippen molar-refractivity contribution < 1.29 is 36.2 Å². The molecule has 0 fully saturated rings. The molecule has 0 unspecified atom stereocenters. The molecule has 0 atom stereocenters. The van der Waals surface area contributed by atoms with Crippen LogP contribution in [0.2, 0.25) is 0 Å². The maximum atomic E-state index is 10.3. The molecule has 0 heterocycles. The van der Waals surface area contributed by atoms with Crippen LogP contribution in [0.3, 0.4) is 0 Å². The van der Waals surface area contributed by atoms with Crippen LogP contribution >= 0.6 is 0 Å². The standard InChI is InChI=1S/C6H8O7.Na.H2/c7-3(8)1-6(13,5(11)12)2-4(9)10;;/h13H,1-2H2,(H,7,8)(H,9,10)(H,11,12);;1H. The zero-order valence-corrected chi connectivity index (χ0v) is 9.43. The number of carboxylic acids is 3. The van der Waals surface area contributed by atoms with E-state index in [1.54, 1.807) is 0 Å². The Morgan fingerprint density at radius 2 is 1.29 bits per heavy atom. The van der Waals surface area contributed by atoms with Gasteiger partial charge >= 0.3 is 17.9 Å². The summed E-state index contributed by atoms with van der Waals surface area (Å²) in [5.41, 5.74) is -2.74. The summed E-state index contributed by atoms with van der Waals surface area (Å²) in [7, 11) is 0. The largest absolute Gasteiger partial charge is 0.481 e. The number of carbonyl (C=O) groups is 3. The van der Waals surface area contributed by atoms with Crippen molar-refractivity contribution in [1.82, 2.24) is 0 Å². The fraction of sp³-hybridized carbons (Fsp3) is 0.500. The van der Waals surface area contributed by atoms with Crippen molar-refractivity contribution in [3.8, 4) is 0 Å². The first-order valence-electron chi connectivity index (χ1n) is 3.17. The van der Waals surface area contributed by atoms with E-state index in [-0.39, 0.29) is 31.0 Å². The number of carboxylic acid groups (broad SMARTS) is 3. The van der Waals surface area contributed by atoms with Crippen molar-refractivity contribution in [2.45, 2.75) is 18.4 Å². The van der Waals surface area contributed by atoms with Crippen LogP contribution in [0.5, 0.6) is 0 Å². The van der Waals surface area contributed by atoms with E-state index in [0.717, 1.165) is 0 Å². The Morgan fingerprint density at radius 1 is 1.00 bits per heavy atom. The molecular formula is C6H10NaO7. The number of rotatable bonds is 5. The van der Waals surface area contributed by atoms with Gasteiger partial charge in [0.1, 0.15) is 0 Å². The molecule has 77 valence electrons. The molecule has 0 spiro atoms. The van der Waals surface area contributed by atoms with Crippen LogP contribution < -0.4 is 0 Å². The average molecular weight is 217 g/mol. The van der Waals surface area contributed by atoms with Crippen LogP contribution in [0.1, 0.15) is 14.3 Å². The van der Waals surface area contributed by atoms with Crippen molar-refractivity contribution in [3.05, 3.63) is 0 Å². The van der Waals surface area contributed by atoms with Gasteiger partial charge in [-0.25, -0.2) is 4.79 Å². The second-order valence-electron chi connectivity index (χ2n) is 2.48. The second kappa shape index (κ2) is 5.97. The molecule has 0 saturated heterocycles. The quantitative estimate of drug-likeness (QED) is 0.417. The van der Waals surface area contributed by atoms with Gasteiger partial charge in [0, 0.05) is 31.0 Å². The molecule has 0 rings (SSSR count). The summed E-state index contributed by atoms with van der Waals surface area (Å²) in [4.78, 5) is 30.5. The van der Waals surface area contributed by atoms with Crippen molar-refractivity contribution in [2.75, 3.05) is 0 Å². The van der Waals surface area contributed by atoms with Crippen LogP contribution in [0.25, 0.3) is 0 Å². The molecule has 0 aromatic rings. The van der Waals surface area contributed by atoms with Crippen LogP contribution in [-0.4, -0.2) is 73.5 Å². The Labute approximate surface area is 102 Å². The Hall–Kier alpha value is -0.630. The van der Waals surface area contributed by atoms with Crippen molar-refractivity contribution in [3.63, 3.8) is 0 Å². The first-order chi connectivity index (χ1) is 5.78. The van der Waals surface area contributed by atoms with Gasteiger partial charge in [0.05, 0.1) is 12.8 Å². The molecule has 0 aliphatic carbocycles. The summed E-state index contributed by atoms with van der Waals surface area (Å²) < 4.78 is 0. The maximum Gasteiger partial charge on any atom is 0.336 e. The Bertz CT molecular complexity index is 238. The predicted octanol–water partition coefficient (Wildman–Crippen LogP) is -1.38. The zero-order valence-electron chi connectivity index (χ0n) is 7.43. The maximum absolute atomic E-state index is 10.3. The van der Waals surface area contributed by atoms with Gasteiger partial charge in [-0.15, -0.1) is 0 Å². The van der Waals surface area contributed by atoms with Gasteiger partial charge in [0.15, 0.2) is 5.60 Å². The monoisotopic (exact) mass is 217 g/mol. The smallest absolute Gasteiger partial charge is 0.336 e.